The number of ether oxygens (including phenoxy) is 2. The number of benzene rings is 1. The van der Waals surface area contributed by atoms with Crippen molar-refractivity contribution in [2.24, 2.45) is 4.99 Å². The van der Waals surface area contributed by atoms with Crippen molar-refractivity contribution >= 4 is 6.08 Å². The molecule has 0 saturated heterocycles. The van der Waals surface area contributed by atoms with Gasteiger partial charge in [0, 0.05) is 5.56 Å². The second kappa shape index (κ2) is 3.60. The Morgan fingerprint density at radius 2 is 2.06 bits per heavy atom. The summed E-state index contributed by atoms with van der Waals surface area (Å²) >= 11 is 0. The zero-order valence-corrected chi connectivity index (χ0v) is 9.66. The molecule has 17 heavy (non-hydrogen) atoms. The van der Waals surface area contributed by atoms with Crippen LogP contribution in [0.4, 0.5) is 0 Å². The molecule has 1 aliphatic carbocycles. The molecule has 88 valence electrons. The lowest BCUT2D eigenvalue weighted by Gasteiger charge is -2.24. The van der Waals surface area contributed by atoms with E-state index < -0.39 is 5.54 Å². The van der Waals surface area contributed by atoms with Crippen LogP contribution in [-0.4, -0.2) is 19.3 Å². The lowest BCUT2D eigenvalue weighted by atomic mass is 9.97. The molecule has 1 saturated carbocycles. The summed E-state index contributed by atoms with van der Waals surface area (Å²) in [6.07, 6.45) is 3.44. The summed E-state index contributed by atoms with van der Waals surface area (Å²) in [5.74, 6) is 1.51. The second-order valence-electron chi connectivity index (χ2n) is 4.52. The van der Waals surface area contributed by atoms with E-state index in [1.54, 1.807) is 6.08 Å². The number of aryl methyl sites for hydroxylation is 1. The van der Waals surface area contributed by atoms with Gasteiger partial charge in [0.2, 0.25) is 6.08 Å². The average molecular weight is 231 g/mol. The van der Waals surface area contributed by atoms with Gasteiger partial charge in [0.25, 0.3) is 0 Å². The van der Waals surface area contributed by atoms with Crippen molar-refractivity contribution in [2.45, 2.75) is 25.3 Å². The predicted octanol–water partition coefficient (Wildman–Crippen LogP) is 2.09. The fourth-order valence-corrected chi connectivity index (χ4v) is 2.42. The van der Waals surface area contributed by atoms with E-state index in [4.69, 9.17) is 9.47 Å². The van der Waals surface area contributed by atoms with Gasteiger partial charge in [-0.2, -0.15) is 4.99 Å². The first-order valence-electron chi connectivity index (χ1n) is 5.75. The molecule has 0 aromatic heterocycles. The number of carbonyl (C=O) groups excluding carboxylic acids is 1. The molecular formula is C13H13NO3. The molecule has 2 aliphatic rings. The van der Waals surface area contributed by atoms with Gasteiger partial charge in [-0.15, -0.1) is 0 Å². The Labute approximate surface area is 99.3 Å². The lowest BCUT2D eigenvalue weighted by Crippen LogP contribution is -2.19. The van der Waals surface area contributed by atoms with Crippen LogP contribution in [0.1, 0.15) is 24.0 Å². The number of isocyanates is 1. The normalized spacial score (nSPS) is 19.4. The monoisotopic (exact) mass is 231 g/mol. The van der Waals surface area contributed by atoms with E-state index in [-0.39, 0.29) is 0 Å². The minimum absolute atomic E-state index is 0.405. The van der Waals surface area contributed by atoms with E-state index in [1.807, 2.05) is 19.1 Å². The molecule has 1 heterocycles. The first kappa shape index (κ1) is 10.4. The smallest absolute Gasteiger partial charge is 0.235 e. The maximum absolute atomic E-state index is 10.5. The molecule has 0 unspecified atom stereocenters. The summed E-state index contributed by atoms with van der Waals surface area (Å²) in [4.78, 5) is 14.5. The molecule has 1 aromatic carbocycles. The number of rotatable bonds is 2. The van der Waals surface area contributed by atoms with Gasteiger partial charge in [-0.25, -0.2) is 4.79 Å². The van der Waals surface area contributed by atoms with Crippen molar-refractivity contribution in [3.05, 3.63) is 23.3 Å². The van der Waals surface area contributed by atoms with E-state index in [0.717, 1.165) is 35.5 Å². The Bertz CT molecular complexity index is 514. The highest BCUT2D eigenvalue weighted by Gasteiger charge is 2.48. The summed E-state index contributed by atoms with van der Waals surface area (Å²) in [5.41, 5.74) is 1.68. The van der Waals surface area contributed by atoms with Crippen LogP contribution in [0.2, 0.25) is 0 Å². The van der Waals surface area contributed by atoms with Crippen molar-refractivity contribution in [1.82, 2.24) is 0 Å². The lowest BCUT2D eigenvalue weighted by molar-refractivity contribution is 0.168. The Balaban J connectivity index is 2.18. The van der Waals surface area contributed by atoms with Gasteiger partial charge in [0.05, 0.1) is 0 Å². The standard InChI is InChI=1S/C13H13NO3/c1-9-2-3-10-12(17-7-6-16-10)11(9)13(4-5-13)14-8-15/h2-3H,4-7H2,1H3. The van der Waals surface area contributed by atoms with Crippen molar-refractivity contribution in [2.75, 3.05) is 13.2 Å². The van der Waals surface area contributed by atoms with Crippen LogP contribution in [0.15, 0.2) is 17.1 Å². The van der Waals surface area contributed by atoms with Gasteiger partial charge in [0.1, 0.15) is 18.8 Å². The molecule has 0 atom stereocenters. The molecule has 0 bridgehead atoms. The fourth-order valence-electron chi connectivity index (χ4n) is 2.42. The predicted molar refractivity (Wildman–Crippen MR) is 61.2 cm³/mol. The number of hydrogen-bond donors (Lipinski definition) is 0. The summed E-state index contributed by atoms with van der Waals surface area (Å²) < 4.78 is 11.2. The molecule has 0 spiro atoms. The molecule has 0 amide bonds. The molecule has 1 aliphatic heterocycles. The fraction of sp³-hybridized carbons (Fsp3) is 0.462. The summed E-state index contributed by atoms with van der Waals surface area (Å²) in [7, 11) is 0. The Morgan fingerprint density at radius 3 is 2.76 bits per heavy atom. The van der Waals surface area contributed by atoms with Crippen LogP contribution in [0.5, 0.6) is 11.5 Å². The average Bonchev–Trinajstić information content (AvgIpc) is 3.10. The molecule has 4 nitrogen and oxygen atoms in total. The molecule has 3 rings (SSSR count). The van der Waals surface area contributed by atoms with Gasteiger partial charge in [-0.05, 0) is 31.4 Å². The third-order valence-electron chi connectivity index (χ3n) is 3.37. The molecule has 1 aromatic rings. The number of nitrogens with zero attached hydrogens (tertiary/aromatic N) is 1. The Morgan fingerprint density at radius 1 is 1.29 bits per heavy atom. The van der Waals surface area contributed by atoms with Crippen molar-refractivity contribution in [1.29, 1.82) is 0 Å². The Kier molecular flexibility index (Phi) is 2.20. The van der Waals surface area contributed by atoms with Crippen LogP contribution in [0, 0.1) is 6.92 Å². The molecule has 0 radical (unpaired) electrons. The van der Waals surface area contributed by atoms with Crippen molar-refractivity contribution in [3.63, 3.8) is 0 Å². The molecule has 0 N–H and O–H groups in total. The maximum atomic E-state index is 10.5. The van der Waals surface area contributed by atoms with Gasteiger partial charge < -0.3 is 9.47 Å². The SMILES string of the molecule is Cc1ccc2c(c1C1(N=C=O)CC1)OCCO2. The minimum atomic E-state index is -0.405. The number of aliphatic imine (C=N–C) groups is 1. The minimum Gasteiger partial charge on any atom is -0.486 e. The second-order valence-corrected chi connectivity index (χ2v) is 4.52. The van der Waals surface area contributed by atoms with E-state index in [0.29, 0.717) is 13.2 Å². The zero-order chi connectivity index (χ0) is 11.9. The summed E-state index contributed by atoms with van der Waals surface area (Å²) in [6, 6.07) is 3.90. The third-order valence-corrected chi connectivity index (χ3v) is 3.37. The topological polar surface area (TPSA) is 47.9 Å². The number of fused-ring (bicyclic) bond motifs is 1. The third kappa shape index (κ3) is 1.53. The van der Waals surface area contributed by atoms with Gasteiger partial charge in [0.15, 0.2) is 11.5 Å². The first-order chi connectivity index (χ1) is 8.27. The molecule has 4 heteroatoms. The maximum Gasteiger partial charge on any atom is 0.235 e. The zero-order valence-electron chi connectivity index (χ0n) is 9.66. The van der Waals surface area contributed by atoms with E-state index in [1.165, 1.54) is 0 Å². The van der Waals surface area contributed by atoms with Crippen molar-refractivity contribution < 1.29 is 14.3 Å². The highest BCUT2D eigenvalue weighted by atomic mass is 16.6. The van der Waals surface area contributed by atoms with Crippen LogP contribution < -0.4 is 9.47 Å². The highest BCUT2D eigenvalue weighted by molar-refractivity contribution is 5.57. The molecular weight excluding hydrogens is 218 g/mol. The Hall–Kier alpha value is -1.80. The molecule has 1 fully saturated rings. The van der Waals surface area contributed by atoms with E-state index in [2.05, 4.69) is 4.99 Å². The number of hydrogen-bond acceptors (Lipinski definition) is 4. The van der Waals surface area contributed by atoms with E-state index >= 15 is 0 Å². The van der Waals surface area contributed by atoms with Gasteiger partial charge >= 0.3 is 0 Å². The van der Waals surface area contributed by atoms with Gasteiger partial charge in [-0.1, -0.05) is 6.07 Å². The van der Waals surface area contributed by atoms with Crippen LogP contribution >= 0.6 is 0 Å². The van der Waals surface area contributed by atoms with E-state index in [9.17, 15) is 4.79 Å². The van der Waals surface area contributed by atoms with Crippen molar-refractivity contribution in [3.8, 4) is 11.5 Å². The van der Waals surface area contributed by atoms with Crippen LogP contribution in [-0.2, 0) is 10.3 Å². The quantitative estimate of drug-likeness (QED) is 0.578. The van der Waals surface area contributed by atoms with Crippen LogP contribution in [0.3, 0.4) is 0 Å². The van der Waals surface area contributed by atoms with Crippen LogP contribution in [0.25, 0.3) is 0 Å². The first-order valence-corrected chi connectivity index (χ1v) is 5.75. The summed E-state index contributed by atoms with van der Waals surface area (Å²) in [5, 5.41) is 0. The largest absolute Gasteiger partial charge is 0.486 e. The summed E-state index contributed by atoms with van der Waals surface area (Å²) in [6.45, 7) is 3.12. The van der Waals surface area contributed by atoms with Gasteiger partial charge in [-0.3, -0.25) is 0 Å². The highest BCUT2D eigenvalue weighted by Crippen LogP contribution is 2.55.